The Morgan fingerprint density at radius 3 is 2.58 bits per heavy atom. The van der Waals surface area contributed by atoms with E-state index in [0.717, 1.165) is 19.4 Å². The van der Waals surface area contributed by atoms with Crippen LogP contribution in [0.2, 0.25) is 0 Å². The fourth-order valence-electron chi connectivity index (χ4n) is 2.95. The van der Waals surface area contributed by atoms with Crippen LogP contribution in [-0.4, -0.2) is 30.3 Å². The molecular formula is C18H21ClN2O2S. The van der Waals surface area contributed by atoms with E-state index < -0.39 is 0 Å². The Labute approximate surface area is 152 Å². The van der Waals surface area contributed by atoms with Crippen LogP contribution in [0.5, 0.6) is 0 Å². The van der Waals surface area contributed by atoms with Crippen molar-refractivity contribution in [2.75, 3.05) is 6.54 Å². The molecule has 2 N–H and O–H groups in total. The van der Waals surface area contributed by atoms with E-state index in [0.29, 0.717) is 22.0 Å². The molecule has 2 unspecified atom stereocenters. The molecule has 2 heterocycles. The molecule has 1 fully saturated rings. The number of benzene rings is 1. The van der Waals surface area contributed by atoms with Gasteiger partial charge < -0.3 is 10.6 Å². The van der Waals surface area contributed by atoms with Crippen LogP contribution in [0.4, 0.5) is 0 Å². The van der Waals surface area contributed by atoms with Gasteiger partial charge in [-0.05, 0) is 43.8 Å². The molecule has 1 aromatic heterocycles. The summed E-state index contributed by atoms with van der Waals surface area (Å²) in [5.41, 5.74) is 0.923. The number of rotatable bonds is 4. The zero-order chi connectivity index (χ0) is 16.2. The van der Waals surface area contributed by atoms with Gasteiger partial charge in [-0.15, -0.1) is 23.7 Å². The number of hydrogen-bond acceptors (Lipinski definition) is 4. The second-order valence-electron chi connectivity index (χ2n) is 5.90. The highest BCUT2D eigenvalue weighted by Gasteiger charge is 2.23. The number of piperidine rings is 1. The van der Waals surface area contributed by atoms with Crippen LogP contribution in [-0.2, 0) is 0 Å². The van der Waals surface area contributed by atoms with Crippen molar-refractivity contribution in [3.63, 3.8) is 0 Å². The van der Waals surface area contributed by atoms with E-state index >= 15 is 0 Å². The van der Waals surface area contributed by atoms with Crippen LogP contribution in [0, 0.1) is 0 Å². The van der Waals surface area contributed by atoms with Gasteiger partial charge in [0.1, 0.15) is 0 Å². The average molecular weight is 365 g/mol. The maximum absolute atomic E-state index is 12.6. The molecule has 3 rings (SSSR count). The second kappa shape index (κ2) is 8.42. The summed E-state index contributed by atoms with van der Waals surface area (Å²) in [5.74, 6) is -0.256. The highest BCUT2D eigenvalue weighted by atomic mass is 35.5. The van der Waals surface area contributed by atoms with Crippen LogP contribution < -0.4 is 10.6 Å². The van der Waals surface area contributed by atoms with Gasteiger partial charge in [0.05, 0.1) is 10.4 Å². The first kappa shape index (κ1) is 18.6. The van der Waals surface area contributed by atoms with E-state index in [1.54, 1.807) is 30.3 Å². The Balaban J connectivity index is 0.00000208. The predicted molar refractivity (Wildman–Crippen MR) is 99.4 cm³/mol. The standard InChI is InChI=1S/C18H20N2O2S.ClH/c1-12-11-13(8-9-19-12)20-18(22)15-6-3-2-5-14(15)17(21)16-7-4-10-23-16;/h2-7,10,12-13,19H,8-9,11H2,1H3,(H,20,22);1H. The maximum Gasteiger partial charge on any atom is 0.252 e. The van der Waals surface area contributed by atoms with Crippen molar-refractivity contribution in [2.24, 2.45) is 0 Å². The molecular weight excluding hydrogens is 344 g/mol. The van der Waals surface area contributed by atoms with Crippen LogP contribution in [0.1, 0.15) is 45.4 Å². The largest absolute Gasteiger partial charge is 0.349 e. The lowest BCUT2D eigenvalue weighted by atomic mass is 9.98. The molecule has 1 aliphatic rings. The number of nitrogens with one attached hydrogen (secondary N) is 2. The summed E-state index contributed by atoms with van der Waals surface area (Å²) < 4.78 is 0. The van der Waals surface area contributed by atoms with Crippen molar-refractivity contribution >= 4 is 35.4 Å². The number of thiophene rings is 1. The Bertz CT molecular complexity index is 703. The molecule has 0 spiro atoms. The van der Waals surface area contributed by atoms with Gasteiger partial charge >= 0.3 is 0 Å². The summed E-state index contributed by atoms with van der Waals surface area (Å²) >= 11 is 1.39. The molecule has 2 atom stereocenters. The predicted octanol–water partition coefficient (Wildman–Crippen LogP) is 3.27. The Morgan fingerprint density at radius 2 is 1.92 bits per heavy atom. The molecule has 128 valence electrons. The summed E-state index contributed by atoms with van der Waals surface area (Å²) in [7, 11) is 0. The maximum atomic E-state index is 12.6. The average Bonchev–Trinajstić information content (AvgIpc) is 3.08. The first-order valence-electron chi connectivity index (χ1n) is 7.86. The number of ketones is 1. The molecule has 1 amide bonds. The smallest absolute Gasteiger partial charge is 0.252 e. The van der Waals surface area contributed by atoms with Crippen molar-refractivity contribution in [3.8, 4) is 0 Å². The van der Waals surface area contributed by atoms with Crippen LogP contribution in [0.3, 0.4) is 0 Å². The van der Waals surface area contributed by atoms with Crippen LogP contribution in [0.25, 0.3) is 0 Å². The summed E-state index contributed by atoms with van der Waals surface area (Å²) in [6, 6.07) is 11.2. The molecule has 2 aromatic rings. The van der Waals surface area contributed by atoms with Gasteiger partial charge in [-0.2, -0.15) is 0 Å². The molecule has 0 radical (unpaired) electrons. The highest BCUT2D eigenvalue weighted by molar-refractivity contribution is 7.12. The Morgan fingerprint density at radius 1 is 1.17 bits per heavy atom. The van der Waals surface area contributed by atoms with Gasteiger partial charge in [0.25, 0.3) is 5.91 Å². The molecule has 4 nitrogen and oxygen atoms in total. The second-order valence-corrected chi connectivity index (χ2v) is 6.85. The lowest BCUT2D eigenvalue weighted by Gasteiger charge is -2.28. The molecule has 1 saturated heterocycles. The summed E-state index contributed by atoms with van der Waals surface area (Å²) in [6.45, 7) is 3.02. The zero-order valence-corrected chi connectivity index (χ0v) is 15.1. The summed E-state index contributed by atoms with van der Waals surface area (Å²) in [4.78, 5) is 25.9. The molecule has 0 aliphatic carbocycles. The number of carbonyl (C=O) groups excluding carboxylic acids is 2. The van der Waals surface area contributed by atoms with E-state index in [1.165, 1.54) is 11.3 Å². The van der Waals surface area contributed by atoms with Gasteiger partial charge in [0.2, 0.25) is 5.78 Å². The number of amides is 1. The minimum Gasteiger partial charge on any atom is -0.349 e. The molecule has 24 heavy (non-hydrogen) atoms. The van der Waals surface area contributed by atoms with Crippen molar-refractivity contribution in [1.29, 1.82) is 0 Å². The van der Waals surface area contributed by atoms with E-state index in [1.807, 2.05) is 11.4 Å². The quantitative estimate of drug-likeness (QED) is 0.818. The topological polar surface area (TPSA) is 58.2 Å². The van der Waals surface area contributed by atoms with Gasteiger partial charge in [-0.1, -0.05) is 24.3 Å². The zero-order valence-electron chi connectivity index (χ0n) is 13.5. The number of halogens is 1. The van der Waals surface area contributed by atoms with Gasteiger partial charge in [-0.3, -0.25) is 9.59 Å². The van der Waals surface area contributed by atoms with Crippen molar-refractivity contribution in [3.05, 3.63) is 57.8 Å². The van der Waals surface area contributed by atoms with Crippen molar-refractivity contribution in [2.45, 2.75) is 31.8 Å². The minimum absolute atomic E-state index is 0. The van der Waals surface area contributed by atoms with E-state index in [9.17, 15) is 9.59 Å². The molecule has 0 bridgehead atoms. The lowest BCUT2D eigenvalue weighted by Crippen LogP contribution is -2.46. The van der Waals surface area contributed by atoms with Crippen molar-refractivity contribution in [1.82, 2.24) is 10.6 Å². The first-order chi connectivity index (χ1) is 11.1. The van der Waals surface area contributed by atoms with Gasteiger partial charge in [0, 0.05) is 17.6 Å². The third kappa shape index (κ3) is 4.23. The monoisotopic (exact) mass is 364 g/mol. The fourth-order valence-corrected chi connectivity index (χ4v) is 3.62. The normalized spacial score (nSPS) is 20.0. The minimum atomic E-state index is -0.162. The SMILES string of the molecule is CC1CC(NC(=O)c2ccccc2C(=O)c2cccs2)CCN1.Cl. The van der Waals surface area contributed by atoms with Gasteiger partial charge in [-0.25, -0.2) is 0 Å². The van der Waals surface area contributed by atoms with E-state index in [2.05, 4.69) is 17.6 Å². The lowest BCUT2D eigenvalue weighted by molar-refractivity contribution is 0.0916. The molecule has 0 saturated carbocycles. The Hall–Kier alpha value is -1.69. The fraction of sp³-hybridized carbons (Fsp3) is 0.333. The Kier molecular flexibility index (Phi) is 6.54. The third-order valence-corrected chi connectivity index (χ3v) is 4.99. The molecule has 1 aliphatic heterocycles. The van der Waals surface area contributed by atoms with E-state index in [4.69, 9.17) is 0 Å². The van der Waals surface area contributed by atoms with Gasteiger partial charge in [0.15, 0.2) is 0 Å². The molecule has 6 heteroatoms. The number of hydrogen-bond donors (Lipinski definition) is 2. The first-order valence-corrected chi connectivity index (χ1v) is 8.74. The molecule has 1 aromatic carbocycles. The van der Waals surface area contributed by atoms with Crippen molar-refractivity contribution < 1.29 is 9.59 Å². The summed E-state index contributed by atoms with van der Waals surface area (Å²) in [5, 5.41) is 8.31. The van der Waals surface area contributed by atoms with Crippen LogP contribution in [0.15, 0.2) is 41.8 Å². The number of carbonyl (C=O) groups is 2. The third-order valence-electron chi connectivity index (χ3n) is 4.12. The van der Waals surface area contributed by atoms with Crippen LogP contribution >= 0.6 is 23.7 Å². The summed E-state index contributed by atoms with van der Waals surface area (Å²) in [6.07, 6.45) is 1.82. The van der Waals surface area contributed by atoms with E-state index in [-0.39, 0.29) is 30.1 Å². The highest BCUT2D eigenvalue weighted by Crippen LogP contribution is 2.19.